The van der Waals surface area contributed by atoms with Gasteiger partial charge >= 0.3 is 0 Å². The third-order valence-corrected chi connectivity index (χ3v) is 5.53. The summed E-state index contributed by atoms with van der Waals surface area (Å²) in [6.45, 7) is 2.29. The van der Waals surface area contributed by atoms with Crippen LogP contribution in [0.3, 0.4) is 0 Å². The zero-order valence-electron chi connectivity index (χ0n) is 15.3. The number of hydrogen-bond donors (Lipinski definition) is 0. The van der Waals surface area contributed by atoms with Crippen LogP contribution < -0.4 is 0 Å². The van der Waals surface area contributed by atoms with Crippen molar-refractivity contribution in [3.63, 3.8) is 0 Å². The SMILES string of the molecule is CCCCCCCCCCCCCCCCc1ccccc1Br. The maximum Gasteiger partial charge on any atom is 0.0207 e. The van der Waals surface area contributed by atoms with Gasteiger partial charge < -0.3 is 0 Å². The van der Waals surface area contributed by atoms with E-state index in [-0.39, 0.29) is 0 Å². The highest BCUT2D eigenvalue weighted by atomic mass is 79.9. The summed E-state index contributed by atoms with van der Waals surface area (Å²) < 4.78 is 1.27. The van der Waals surface area contributed by atoms with E-state index < -0.39 is 0 Å². The van der Waals surface area contributed by atoms with Crippen LogP contribution in [0.15, 0.2) is 28.7 Å². The van der Waals surface area contributed by atoms with Gasteiger partial charge in [-0.2, -0.15) is 0 Å². The van der Waals surface area contributed by atoms with Crippen LogP contribution in [0.1, 0.15) is 102 Å². The summed E-state index contributed by atoms with van der Waals surface area (Å²) in [4.78, 5) is 0. The Hall–Kier alpha value is -0.300. The van der Waals surface area contributed by atoms with Crippen LogP contribution >= 0.6 is 15.9 Å². The number of aryl methyl sites for hydroxylation is 1. The Labute approximate surface area is 153 Å². The van der Waals surface area contributed by atoms with Gasteiger partial charge in [0.2, 0.25) is 0 Å². The van der Waals surface area contributed by atoms with Gasteiger partial charge in [0.1, 0.15) is 0 Å². The molecule has 0 aliphatic heterocycles. The third kappa shape index (κ3) is 11.8. The molecule has 1 heteroatoms. The number of benzene rings is 1. The lowest BCUT2D eigenvalue weighted by Gasteiger charge is -2.05. The molecule has 0 atom stereocenters. The number of hydrogen-bond acceptors (Lipinski definition) is 0. The average molecular weight is 381 g/mol. The molecule has 0 spiro atoms. The standard InChI is InChI=1S/C22H37Br/c1-2-3-4-5-6-7-8-9-10-11-12-13-14-15-18-21-19-16-17-20-22(21)23/h16-17,19-20H,2-15,18H2,1H3. The predicted octanol–water partition coefficient (Wildman–Crippen LogP) is 8.47. The molecule has 1 aromatic carbocycles. The Morgan fingerprint density at radius 3 is 1.52 bits per heavy atom. The van der Waals surface area contributed by atoms with Crippen LogP contribution in [0.4, 0.5) is 0 Å². The molecule has 0 N–H and O–H groups in total. The molecule has 132 valence electrons. The van der Waals surface area contributed by atoms with E-state index in [2.05, 4.69) is 47.1 Å². The summed E-state index contributed by atoms with van der Waals surface area (Å²) in [7, 11) is 0. The first kappa shape index (κ1) is 20.7. The first-order chi connectivity index (χ1) is 11.3. The molecular weight excluding hydrogens is 344 g/mol. The van der Waals surface area contributed by atoms with Crippen LogP contribution in [0.25, 0.3) is 0 Å². The summed E-state index contributed by atoms with van der Waals surface area (Å²) in [5, 5.41) is 0. The Morgan fingerprint density at radius 2 is 1.04 bits per heavy atom. The minimum absolute atomic E-state index is 1.22. The maximum atomic E-state index is 3.64. The summed E-state index contributed by atoms with van der Waals surface area (Å²) in [5.74, 6) is 0. The van der Waals surface area contributed by atoms with Gasteiger partial charge in [-0.25, -0.2) is 0 Å². The van der Waals surface area contributed by atoms with Crippen molar-refractivity contribution < 1.29 is 0 Å². The highest BCUT2D eigenvalue weighted by molar-refractivity contribution is 9.10. The van der Waals surface area contributed by atoms with Crippen molar-refractivity contribution in [2.75, 3.05) is 0 Å². The molecule has 0 unspecified atom stereocenters. The van der Waals surface area contributed by atoms with Gasteiger partial charge in [-0.1, -0.05) is 125 Å². The van der Waals surface area contributed by atoms with E-state index in [4.69, 9.17) is 0 Å². The lowest BCUT2D eigenvalue weighted by Crippen LogP contribution is -1.88. The highest BCUT2D eigenvalue weighted by Gasteiger charge is 1.98. The van der Waals surface area contributed by atoms with Crippen molar-refractivity contribution in [2.24, 2.45) is 0 Å². The topological polar surface area (TPSA) is 0 Å². The molecule has 0 amide bonds. The monoisotopic (exact) mass is 380 g/mol. The molecule has 0 nitrogen and oxygen atoms in total. The van der Waals surface area contributed by atoms with E-state index in [1.54, 1.807) is 0 Å². The van der Waals surface area contributed by atoms with Gasteiger partial charge in [0.15, 0.2) is 0 Å². The molecule has 0 aliphatic rings. The molecule has 0 heterocycles. The normalized spacial score (nSPS) is 11.0. The van der Waals surface area contributed by atoms with Gasteiger partial charge in [-0.3, -0.25) is 0 Å². The summed E-state index contributed by atoms with van der Waals surface area (Å²) in [6, 6.07) is 8.63. The molecule has 0 aromatic heterocycles. The van der Waals surface area contributed by atoms with Crippen LogP contribution in [0, 0.1) is 0 Å². The van der Waals surface area contributed by atoms with Gasteiger partial charge in [0.25, 0.3) is 0 Å². The maximum absolute atomic E-state index is 3.64. The fourth-order valence-corrected chi connectivity index (χ4v) is 3.69. The van der Waals surface area contributed by atoms with Gasteiger partial charge in [-0.15, -0.1) is 0 Å². The number of halogens is 1. The van der Waals surface area contributed by atoms with Gasteiger partial charge in [0.05, 0.1) is 0 Å². The second-order valence-electron chi connectivity index (χ2n) is 6.94. The minimum atomic E-state index is 1.22. The van der Waals surface area contributed by atoms with Crippen molar-refractivity contribution in [1.82, 2.24) is 0 Å². The molecule has 0 radical (unpaired) electrons. The quantitative estimate of drug-likeness (QED) is 0.267. The van der Waals surface area contributed by atoms with Crippen molar-refractivity contribution >= 4 is 15.9 Å². The molecule has 0 bridgehead atoms. The van der Waals surface area contributed by atoms with Crippen molar-refractivity contribution in [3.05, 3.63) is 34.3 Å². The van der Waals surface area contributed by atoms with Gasteiger partial charge in [-0.05, 0) is 24.5 Å². The van der Waals surface area contributed by atoms with Crippen molar-refractivity contribution in [3.8, 4) is 0 Å². The second kappa shape index (κ2) is 15.2. The fraction of sp³-hybridized carbons (Fsp3) is 0.727. The highest BCUT2D eigenvalue weighted by Crippen LogP contribution is 2.19. The molecule has 1 rings (SSSR count). The molecule has 1 aromatic rings. The minimum Gasteiger partial charge on any atom is -0.0654 e. The van der Waals surface area contributed by atoms with Crippen LogP contribution in [-0.2, 0) is 6.42 Å². The predicted molar refractivity (Wildman–Crippen MR) is 108 cm³/mol. The summed E-state index contributed by atoms with van der Waals surface area (Å²) in [6.07, 6.45) is 21.3. The van der Waals surface area contributed by atoms with Crippen LogP contribution in [-0.4, -0.2) is 0 Å². The Kier molecular flexibility index (Phi) is 13.7. The number of unbranched alkanes of at least 4 members (excludes halogenated alkanes) is 13. The molecule has 23 heavy (non-hydrogen) atoms. The average Bonchev–Trinajstić information content (AvgIpc) is 2.57. The Morgan fingerprint density at radius 1 is 0.609 bits per heavy atom. The smallest absolute Gasteiger partial charge is 0.0207 e. The Balaban J connectivity index is 1.79. The van der Waals surface area contributed by atoms with Crippen molar-refractivity contribution in [2.45, 2.75) is 103 Å². The van der Waals surface area contributed by atoms with Gasteiger partial charge in [0, 0.05) is 4.47 Å². The first-order valence-electron chi connectivity index (χ1n) is 10.1. The zero-order chi connectivity index (χ0) is 16.6. The summed E-state index contributed by atoms with van der Waals surface area (Å²) >= 11 is 3.64. The van der Waals surface area contributed by atoms with E-state index in [0.29, 0.717) is 0 Å². The third-order valence-electron chi connectivity index (χ3n) is 4.76. The zero-order valence-corrected chi connectivity index (χ0v) is 16.9. The fourth-order valence-electron chi connectivity index (χ4n) is 3.21. The second-order valence-corrected chi connectivity index (χ2v) is 7.79. The summed E-state index contributed by atoms with van der Waals surface area (Å²) in [5.41, 5.74) is 1.46. The van der Waals surface area contributed by atoms with Crippen molar-refractivity contribution in [1.29, 1.82) is 0 Å². The van der Waals surface area contributed by atoms with Crippen LogP contribution in [0.5, 0.6) is 0 Å². The Bertz CT molecular complexity index is 372. The van der Waals surface area contributed by atoms with E-state index in [0.717, 1.165) is 0 Å². The molecule has 0 saturated heterocycles. The first-order valence-corrected chi connectivity index (χ1v) is 10.9. The van der Waals surface area contributed by atoms with E-state index in [9.17, 15) is 0 Å². The van der Waals surface area contributed by atoms with E-state index >= 15 is 0 Å². The van der Waals surface area contributed by atoms with E-state index in [1.807, 2.05) is 0 Å². The molecule has 0 saturated carbocycles. The molecule has 0 aliphatic carbocycles. The number of rotatable bonds is 15. The largest absolute Gasteiger partial charge is 0.0654 e. The molecular formula is C22H37Br. The molecule has 0 fully saturated rings. The van der Waals surface area contributed by atoms with Crippen LogP contribution in [0.2, 0.25) is 0 Å². The lowest BCUT2D eigenvalue weighted by molar-refractivity contribution is 0.535. The lowest BCUT2D eigenvalue weighted by atomic mass is 10.0. The van der Waals surface area contributed by atoms with E-state index in [1.165, 1.54) is 106 Å².